The molecule has 0 aromatic heterocycles. The molecule has 1 aliphatic carbocycles. The van der Waals surface area contributed by atoms with Crippen molar-refractivity contribution in [3.05, 3.63) is 90.0 Å². The lowest BCUT2D eigenvalue weighted by molar-refractivity contribution is 0.527. The van der Waals surface area contributed by atoms with Crippen molar-refractivity contribution in [1.29, 1.82) is 0 Å². The molecule has 0 amide bonds. The molecule has 2 aromatic rings. The van der Waals surface area contributed by atoms with Gasteiger partial charge in [0.05, 0.1) is 0 Å². The van der Waals surface area contributed by atoms with E-state index in [1.165, 1.54) is 23.2 Å². The molecule has 22 heavy (non-hydrogen) atoms. The number of allylic oxidation sites excluding steroid dienone is 3. The second kappa shape index (κ2) is 5.49. The van der Waals surface area contributed by atoms with E-state index in [1.54, 1.807) is 0 Å². The Morgan fingerprint density at radius 1 is 0.909 bits per heavy atom. The van der Waals surface area contributed by atoms with E-state index in [2.05, 4.69) is 83.8 Å². The van der Waals surface area contributed by atoms with E-state index in [0.717, 1.165) is 19.5 Å². The molecule has 0 N–H and O–H groups in total. The molecule has 110 valence electrons. The van der Waals surface area contributed by atoms with Gasteiger partial charge in [0.15, 0.2) is 0 Å². The highest BCUT2D eigenvalue weighted by Crippen LogP contribution is 2.37. The number of hydrogen-bond donors (Lipinski definition) is 0. The molecule has 1 atom stereocenters. The van der Waals surface area contributed by atoms with Gasteiger partial charge in [-0.1, -0.05) is 72.8 Å². The monoisotopic (exact) mass is 287 g/mol. The third kappa shape index (κ3) is 2.27. The maximum atomic E-state index is 2.56. The molecule has 0 bridgehead atoms. The van der Waals surface area contributed by atoms with E-state index < -0.39 is 0 Å². The number of nitrogens with zero attached hydrogens (tertiary/aromatic N) is 1. The summed E-state index contributed by atoms with van der Waals surface area (Å²) in [4.78, 5) is 2.56. The van der Waals surface area contributed by atoms with E-state index in [4.69, 9.17) is 0 Å². The fraction of sp³-hybridized carbons (Fsp3) is 0.238. The van der Waals surface area contributed by atoms with Crippen LogP contribution in [0.4, 0.5) is 5.69 Å². The molecule has 1 nitrogen and oxygen atoms in total. The van der Waals surface area contributed by atoms with Gasteiger partial charge in [0.1, 0.15) is 0 Å². The van der Waals surface area contributed by atoms with Crippen molar-refractivity contribution in [3.8, 4) is 0 Å². The molecule has 0 radical (unpaired) electrons. The molecule has 1 heterocycles. The lowest BCUT2D eigenvalue weighted by Crippen LogP contribution is -2.39. The fourth-order valence-electron chi connectivity index (χ4n) is 3.77. The summed E-state index contributed by atoms with van der Waals surface area (Å²) in [5, 5.41) is 0. The van der Waals surface area contributed by atoms with Crippen molar-refractivity contribution in [2.45, 2.75) is 18.3 Å². The molecule has 0 saturated carbocycles. The SMILES string of the molecule is C1=CCC(CN2CCc3ccccc32)(c2ccccc2)C=C1. The minimum absolute atomic E-state index is 0.0907. The number of anilines is 1. The summed E-state index contributed by atoms with van der Waals surface area (Å²) in [7, 11) is 0. The van der Waals surface area contributed by atoms with E-state index in [1.807, 2.05) is 0 Å². The van der Waals surface area contributed by atoms with Gasteiger partial charge >= 0.3 is 0 Å². The first-order valence-electron chi connectivity index (χ1n) is 8.10. The molecule has 0 saturated heterocycles. The zero-order valence-corrected chi connectivity index (χ0v) is 12.8. The molecule has 0 fully saturated rings. The molecular formula is C21H21N. The lowest BCUT2D eigenvalue weighted by atomic mass is 9.75. The summed E-state index contributed by atoms with van der Waals surface area (Å²) >= 11 is 0. The summed E-state index contributed by atoms with van der Waals surface area (Å²) in [6, 6.07) is 19.8. The van der Waals surface area contributed by atoms with Gasteiger partial charge in [-0.25, -0.2) is 0 Å². The van der Waals surface area contributed by atoms with Crippen molar-refractivity contribution < 1.29 is 0 Å². The summed E-state index contributed by atoms with van der Waals surface area (Å²) < 4.78 is 0. The quantitative estimate of drug-likeness (QED) is 0.803. The smallest absolute Gasteiger partial charge is 0.0399 e. The standard InChI is InChI=1S/C21H21N/c1-3-10-19(11-4-1)21(14-7-2-8-15-21)17-22-16-13-18-9-5-6-12-20(18)22/h1-12,14H,13,15-17H2. The van der Waals surface area contributed by atoms with Crippen LogP contribution < -0.4 is 4.90 Å². The highest BCUT2D eigenvalue weighted by molar-refractivity contribution is 5.59. The minimum atomic E-state index is 0.0907. The number of para-hydroxylation sites is 1. The van der Waals surface area contributed by atoms with Crippen LogP contribution in [-0.2, 0) is 11.8 Å². The first-order valence-corrected chi connectivity index (χ1v) is 8.10. The molecule has 2 aromatic carbocycles. The van der Waals surface area contributed by atoms with Crippen molar-refractivity contribution in [2.75, 3.05) is 18.0 Å². The van der Waals surface area contributed by atoms with Crippen LogP contribution in [0.1, 0.15) is 17.5 Å². The van der Waals surface area contributed by atoms with Crippen LogP contribution in [0.5, 0.6) is 0 Å². The zero-order chi connectivity index (χ0) is 14.8. The Bertz CT molecular complexity index is 714. The number of rotatable bonds is 3. The predicted octanol–water partition coefficient (Wildman–Crippen LogP) is 4.50. The van der Waals surface area contributed by atoms with Crippen molar-refractivity contribution >= 4 is 5.69 Å². The van der Waals surface area contributed by atoms with Gasteiger partial charge in [0, 0.05) is 24.2 Å². The third-order valence-corrected chi connectivity index (χ3v) is 4.95. The maximum Gasteiger partial charge on any atom is 0.0399 e. The lowest BCUT2D eigenvalue weighted by Gasteiger charge is -2.37. The summed E-state index contributed by atoms with van der Waals surface area (Å²) in [5.41, 5.74) is 4.41. The molecule has 0 spiro atoms. The van der Waals surface area contributed by atoms with Crippen LogP contribution >= 0.6 is 0 Å². The molecule has 1 aliphatic heterocycles. The third-order valence-electron chi connectivity index (χ3n) is 4.95. The normalized spacial score (nSPS) is 22.8. The van der Waals surface area contributed by atoms with Gasteiger partial charge in [0.2, 0.25) is 0 Å². The maximum absolute atomic E-state index is 2.56. The van der Waals surface area contributed by atoms with Gasteiger partial charge < -0.3 is 4.90 Å². The van der Waals surface area contributed by atoms with Crippen LogP contribution in [0.3, 0.4) is 0 Å². The second-order valence-corrected chi connectivity index (χ2v) is 6.31. The number of benzene rings is 2. The van der Waals surface area contributed by atoms with Gasteiger partial charge in [-0.15, -0.1) is 0 Å². The average Bonchev–Trinajstić information content (AvgIpc) is 3.00. The largest absolute Gasteiger partial charge is 0.370 e. The Morgan fingerprint density at radius 3 is 2.55 bits per heavy atom. The summed E-state index contributed by atoms with van der Waals surface area (Å²) in [6.07, 6.45) is 11.3. The van der Waals surface area contributed by atoms with Crippen LogP contribution in [0, 0.1) is 0 Å². The van der Waals surface area contributed by atoms with Gasteiger partial charge in [0.25, 0.3) is 0 Å². The van der Waals surface area contributed by atoms with Crippen molar-refractivity contribution in [3.63, 3.8) is 0 Å². The Hall–Kier alpha value is -2.28. The fourth-order valence-corrected chi connectivity index (χ4v) is 3.77. The van der Waals surface area contributed by atoms with Crippen molar-refractivity contribution in [2.24, 2.45) is 0 Å². The molecule has 1 unspecified atom stereocenters. The van der Waals surface area contributed by atoms with Crippen LogP contribution in [0.2, 0.25) is 0 Å². The Kier molecular flexibility index (Phi) is 3.34. The topological polar surface area (TPSA) is 3.24 Å². The second-order valence-electron chi connectivity index (χ2n) is 6.31. The first kappa shape index (κ1) is 13.4. The van der Waals surface area contributed by atoms with Gasteiger partial charge in [-0.05, 0) is 30.0 Å². The highest BCUT2D eigenvalue weighted by atomic mass is 15.2. The Balaban J connectivity index is 1.69. The van der Waals surface area contributed by atoms with Crippen LogP contribution in [0.25, 0.3) is 0 Å². The summed E-state index contributed by atoms with van der Waals surface area (Å²) in [5.74, 6) is 0. The van der Waals surface area contributed by atoms with Gasteiger partial charge in [-0.2, -0.15) is 0 Å². The van der Waals surface area contributed by atoms with Crippen molar-refractivity contribution in [1.82, 2.24) is 0 Å². The Morgan fingerprint density at radius 2 is 1.73 bits per heavy atom. The van der Waals surface area contributed by atoms with E-state index in [9.17, 15) is 0 Å². The molecule has 1 heteroatoms. The molecule has 4 rings (SSSR count). The molecular weight excluding hydrogens is 266 g/mol. The zero-order valence-electron chi connectivity index (χ0n) is 12.8. The van der Waals surface area contributed by atoms with Crippen LogP contribution in [0.15, 0.2) is 78.9 Å². The highest BCUT2D eigenvalue weighted by Gasteiger charge is 2.33. The average molecular weight is 287 g/mol. The number of fused-ring (bicyclic) bond motifs is 1. The number of hydrogen-bond acceptors (Lipinski definition) is 1. The van der Waals surface area contributed by atoms with Crippen LogP contribution in [-0.4, -0.2) is 13.1 Å². The minimum Gasteiger partial charge on any atom is -0.370 e. The predicted molar refractivity (Wildman–Crippen MR) is 93.4 cm³/mol. The van der Waals surface area contributed by atoms with E-state index in [-0.39, 0.29) is 5.41 Å². The first-order chi connectivity index (χ1) is 10.9. The van der Waals surface area contributed by atoms with E-state index in [0.29, 0.717) is 0 Å². The van der Waals surface area contributed by atoms with E-state index >= 15 is 0 Å². The summed E-state index contributed by atoms with van der Waals surface area (Å²) in [6.45, 7) is 2.18. The Labute approximate surface area is 132 Å². The van der Waals surface area contributed by atoms with Gasteiger partial charge in [-0.3, -0.25) is 0 Å². The molecule has 2 aliphatic rings.